The van der Waals surface area contributed by atoms with Gasteiger partial charge in [0.15, 0.2) is 6.61 Å². The van der Waals surface area contributed by atoms with Gasteiger partial charge in [0.05, 0.1) is 12.2 Å². The van der Waals surface area contributed by atoms with Gasteiger partial charge in [-0.25, -0.2) is 0 Å². The van der Waals surface area contributed by atoms with E-state index < -0.39 is 0 Å². The van der Waals surface area contributed by atoms with Crippen molar-refractivity contribution in [3.8, 4) is 5.75 Å². The van der Waals surface area contributed by atoms with E-state index in [9.17, 15) is 9.59 Å². The fraction of sp³-hybridized carbons (Fsp3) is 0.273. The van der Waals surface area contributed by atoms with Crippen molar-refractivity contribution in [3.63, 3.8) is 0 Å². The molecule has 1 aliphatic heterocycles. The standard InChI is InChI=1S/C11H10BrNO3/c1-7(14)5-13-9-3-2-8(12)4-10(9)16-6-11(13)15/h2-4H,5-6H2,1H3. The number of halogens is 1. The molecule has 4 nitrogen and oxygen atoms in total. The molecule has 84 valence electrons. The summed E-state index contributed by atoms with van der Waals surface area (Å²) in [6.45, 7) is 1.54. The van der Waals surface area contributed by atoms with Crippen LogP contribution < -0.4 is 9.64 Å². The van der Waals surface area contributed by atoms with Crippen LogP contribution in [-0.2, 0) is 9.59 Å². The van der Waals surface area contributed by atoms with E-state index >= 15 is 0 Å². The maximum atomic E-state index is 11.6. The maximum absolute atomic E-state index is 11.6. The molecule has 0 aromatic heterocycles. The van der Waals surface area contributed by atoms with E-state index in [2.05, 4.69) is 15.9 Å². The van der Waals surface area contributed by atoms with E-state index in [4.69, 9.17) is 4.74 Å². The van der Waals surface area contributed by atoms with Crippen molar-refractivity contribution in [2.24, 2.45) is 0 Å². The van der Waals surface area contributed by atoms with E-state index in [-0.39, 0.29) is 24.8 Å². The summed E-state index contributed by atoms with van der Waals surface area (Å²) < 4.78 is 6.17. The molecule has 0 saturated carbocycles. The number of amides is 1. The first-order valence-electron chi connectivity index (χ1n) is 4.80. The van der Waals surface area contributed by atoms with Crippen LogP contribution in [0.4, 0.5) is 5.69 Å². The van der Waals surface area contributed by atoms with Gasteiger partial charge in [-0.15, -0.1) is 0 Å². The van der Waals surface area contributed by atoms with Gasteiger partial charge in [0.1, 0.15) is 11.5 Å². The average molecular weight is 284 g/mol. The van der Waals surface area contributed by atoms with Crippen molar-refractivity contribution in [3.05, 3.63) is 22.7 Å². The van der Waals surface area contributed by atoms with E-state index in [1.54, 1.807) is 12.1 Å². The molecule has 0 aliphatic carbocycles. The lowest BCUT2D eigenvalue weighted by molar-refractivity contribution is -0.123. The minimum Gasteiger partial charge on any atom is -0.482 e. The topological polar surface area (TPSA) is 46.6 Å². The quantitative estimate of drug-likeness (QED) is 0.831. The number of hydrogen-bond donors (Lipinski definition) is 0. The number of benzene rings is 1. The van der Waals surface area contributed by atoms with Gasteiger partial charge >= 0.3 is 0 Å². The third-order valence-corrected chi connectivity index (χ3v) is 2.74. The molecule has 2 rings (SSSR count). The molecule has 0 radical (unpaired) electrons. The van der Waals surface area contributed by atoms with Crippen LogP contribution in [0.5, 0.6) is 5.75 Å². The highest BCUT2D eigenvalue weighted by Crippen LogP contribution is 2.34. The SMILES string of the molecule is CC(=O)CN1C(=O)COc2cc(Br)ccc21. The van der Waals surface area contributed by atoms with Crippen LogP contribution >= 0.6 is 15.9 Å². The van der Waals surface area contributed by atoms with Gasteiger partial charge in [0.25, 0.3) is 5.91 Å². The molecule has 1 aromatic carbocycles. The number of fused-ring (bicyclic) bond motifs is 1. The number of hydrogen-bond acceptors (Lipinski definition) is 3. The number of nitrogens with zero attached hydrogens (tertiary/aromatic N) is 1. The van der Waals surface area contributed by atoms with Crippen LogP contribution in [0.2, 0.25) is 0 Å². The zero-order valence-electron chi connectivity index (χ0n) is 8.70. The van der Waals surface area contributed by atoms with Gasteiger partial charge < -0.3 is 4.74 Å². The predicted octanol–water partition coefficient (Wildman–Crippen LogP) is 1.76. The molecular weight excluding hydrogens is 274 g/mol. The number of ketones is 1. The summed E-state index contributed by atoms with van der Waals surface area (Å²) in [5, 5.41) is 0. The Balaban J connectivity index is 2.40. The highest BCUT2D eigenvalue weighted by Gasteiger charge is 2.26. The fourth-order valence-corrected chi connectivity index (χ4v) is 1.91. The average Bonchev–Trinajstić information content (AvgIpc) is 2.22. The number of rotatable bonds is 2. The van der Waals surface area contributed by atoms with Crippen LogP contribution in [-0.4, -0.2) is 24.8 Å². The number of ether oxygens (including phenoxy) is 1. The van der Waals surface area contributed by atoms with E-state index in [1.165, 1.54) is 11.8 Å². The molecule has 1 amide bonds. The first kappa shape index (κ1) is 11.1. The molecule has 1 aliphatic rings. The highest BCUT2D eigenvalue weighted by molar-refractivity contribution is 9.10. The summed E-state index contributed by atoms with van der Waals surface area (Å²) in [6.07, 6.45) is 0. The largest absolute Gasteiger partial charge is 0.482 e. The third-order valence-electron chi connectivity index (χ3n) is 2.25. The Bertz CT molecular complexity index is 459. The second-order valence-electron chi connectivity index (χ2n) is 3.58. The lowest BCUT2D eigenvalue weighted by atomic mass is 10.2. The molecule has 0 fully saturated rings. The third kappa shape index (κ3) is 2.09. The van der Waals surface area contributed by atoms with E-state index in [1.807, 2.05) is 6.07 Å². The molecule has 5 heteroatoms. The minimum atomic E-state index is -0.190. The van der Waals surface area contributed by atoms with Crippen LogP contribution in [0.25, 0.3) is 0 Å². The number of anilines is 1. The van der Waals surface area contributed by atoms with Gasteiger partial charge in [-0.2, -0.15) is 0 Å². The van der Waals surface area contributed by atoms with E-state index in [0.29, 0.717) is 11.4 Å². The molecule has 1 aromatic rings. The summed E-state index contributed by atoms with van der Waals surface area (Å²) >= 11 is 3.33. The smallest absolute Gasteiger partial charge is 0.265 e. The highest BCUT2D eigenvalue weighted by atomic mass is 79.9. The predicted molar refractivity (Wildman–Crippen MR) is 62.7 cm³/mol. The number of Topliss-reactive ketones (excluding diaryl/α,β-unsaturated/α-hetero) is 1. The van der Waals surface area contributed by atoms with Crippen LogP contribution in [0.3, 0.4) is 0 Å². The molecule has 16 heavy (non-hydrogen) atoms. The summed E-state index contributed by atoms with van der Waals surface area (Å²) in [7, 11) is 0. The second-order valence-corrected chi connectivity index (χ2v) is 4.50. The molecule has 0 N–H and O–H groups in total. The summed E-state index contributed by atoms with van der Waals surface area (Å²) in [6, 6.07) is 5.36. The normalized spacial score (nSPS) is 14.4. The van der Waals surface area contributed by atoms with Crippen LogP contribution in [0.1, 0.15) is 6.92 Å². The lowest BCUT2D eigenvalue weighted by Crippen LogP contribution is -2.41. The van der Waals surface area contributed by atoms with Crippen molar-refractivity contribution in [1.82, 2.24) is 0 Å². The molecule has 0 spiro atoms. The van der Waals surface area contributed by atoms with Crippen LogP contribution in [0.15, 0.2) is 22.7 Å². The Morgan fingerprint density at radius 1 is 1.56 bits per heavy atom. The molecule has 1 heterocycles. The van der Waals surface area contributed by atoms with Gasteiger partial charge in [0, 0.05) is 4.47 Å². The zero-order chi connectivity index (χ0) is 11.7. The van der Waals surface area contributed by atoms with Gasteiger partial charge in [-0.3, -0.25) is 14.5 Å². The molecule has 0 saturated heterocycles. The van der Waals surface area contributed by atoms with Crippen molar-refractivity contribution >= 4 is 33.3 Å². The number of carbonyl (C=O) groups excluding carboxylic acids is 2. The molecular formula is C11H10BrNO3. The summed E-state index contributed by atoms with van der Waals surface area (Å²) in [4.78, 5) is 24.2. The Morgan fingerprint density at radius 3 is 3.00 bits per heavy atom. The fourth-order valence-electron chi connectivity index (χ4n) is 1.57. The Morgan fingerprint density at radius 2 is 2.31 bits per heavy atom. The Hall–Kier alpha value is -1.36. The minimum absolute atomic E-state index is 0.0171. The lowest BCUT2D eigenvalue weighted by Gasteiger charge is -2.28. The maximum Gasteiger partial charge on any atom is 0.265 e. The Labute approximate surface area is 101 Å². The van der Waals surface area contributed by atoms with Crippen molar-refractivity contribution in [2.75, 3.05) is 18.1 Å². The van der Waals surface area contributed by atoms with Gasteiger partial charge in [-0.05, 0) is 25.1 Å². The van der Waals surface area contributed by atoms with Crippen molar-refractivity contribution < 1.29 is 14.3 Å². The first-order valence-corrected chi connectivity index (χ1v) is 5.59. The number of carbonyl (C=O) groups is 2. The van der Waals surface area contributed by atoms with Crippen molar-refractivity contribution in [1.29, 1.82) is 0 Å². The Kier molecular flexibility index (Phi) is 2.96. The summed E-state index contributed by atoms with van der Waals surface area (Å²) in [5.41, 5.74) is 0.648. The van der Waals surface area contributed by atoms with Gasteiger partial charge in [0.2, 0.25) is 0 Å². The second kappa shape index (κ2) is 4.25. The molecule has 0 atom stereocenters. The van der Waals surface area contributed by atoms with Crippen LogP contribution in [0, 0.1) is 0 Å². The zero-order valence-corrected chi connectivity index (χ0v) is 10.3. The van der Waals surface area contributed by atoms with Gasteiger partial charge in [-0.1, -0.05) is 15.9 Å². The van der Waals surface area contributed by atoms with Crippen molar-refractivity contribution in [2.45, 2.75) is 6.92 Å². The summed E-state index contributed by atoms with van der Waals surface area (Å²) in [5.74, 6) is 0.379. The first-order chi connectivity index (χ1) is 7.58. The monoisotopic (exact) mass is 283 g/mol. The molecule has 0 unspecified atom stereocenters. The van der Waals surface area contributed by atoms with E-state index in [0.717, 1.165) is 4.47 Å². The molecule has 0 bridgehead atoms.